The first kappa shape index (κ1) is 20.7. The van der Waals surface area contributed by atoms with E-state index in [-0.39, 0.29) is 42.0 Å². The molecule has 0 fully saturated rings. The molecule has 22 heavy (non-hydrogen) atoms. The van der Waals surface area contributed by atoms with Crippen molar-refractivity contribution in [2.75, 3.05) is 13.6 Å². The number of oxazole rings is 1. The normalized spacial score (nSPS) is 11.6. The number of carbonyl (C=O) groups excluding carboxylic acids is 1. The Bertz CT molecular complexity index is 500. The first-order valence-corrected chi connectivity index (χ1v) is 6.89. The number of hydrogen-bond donors (Lipinski definition) is 3. The zero-order chi connectivity index (χ0) is 16.0. The molecule has 7 nitrogen and oxygen atoms in total. The number of aromatic nitrogens is 1. The molecule has 0 atom stereocenters. The largest absolute Gasteiger partial charge is 0.444 e. The molecule has 0 aliphatic carbocycles. The van der Waals surface area contributed by atoms with Crippen molar-refractivity contribution >= 4 is 35.8 Å². The van der Waals surface area contributed by atoms with Gasteiger partial charge >= 0.3 is 0 Å². The standard InChI is InChI=1S/C14H25N5O2.HI/c1-9-10(2)21-12(18-9)8-17-13(15-6)16-7-11(20)19-14(3,4)5;/h7-8H2,1-6H3,(H,19,20)(H2,15,16,17);1H. The smallest absolute Gasteiger partial charge is 0.239 e. The summed E-state index contributed by atoms with van der Waals surface area (Å²) in [5, 5.41) is 8.86. The fraction of sp³-hybridized carbons (Fsp3) is 0.643. The Labute approximate surface area is 148 Å². The Morgan fingerprint density at radius 3 is 2.36 bits per heavy atom. The van der Waals surface area contributed by atoms with Gasteiger partial charge in [-0.1, -0.05) is 0 Å². The third-order valence-corrected chi connectivity index (χ3v) is 2.63. The van der Waals surface area contributed by atoms with Gasteiger partial charge in [-0.3, -0.25) is 9.79 Å². The summed E-state index contributed by atoms with van der Waals surface area (Å²) in [5.41, 5.74) is 0.627. The van der Waals surface area contributed by atoms with Crippen LogP contribution in [-0.2, 0) is 11.3 Å². The third-order valence-electron chi connectivity index (χ3n) is 2.63. The van der Waals surface area contributed by atoms with Crippen molar-refractivity contribution in [1.82, 2.24) is 20.9 Å². The van der Waals surface area contributed by atoms with E-state index in [1.165, 1.54) is 0 Å². The van der Waals surface area contributed by atoms with Crippen LogP contribution in [0.1, 0.15) is 38.1 Å². The molecule has 1 rings (SSSR count). The highest BCUT2D eigenvalue weighted by molar-refractivity contribution is 14.0. The van der Waals surface area contributed by atoms with Crippen molar-refractivity contribution in [1.29, 1.82) is 0 Å². The summed E-state index contributed by atoms with van der Waals surface area (Å²) in [6.07, 6.45) is 0. The number of amides is 1. The predicted molar refractivity (Wildman–Crippen MR) is 97.5 cm³/mol. The summed E-state index contributed by atoms with van der Waals surface area (Å²) >= 11 is 0. The van der Waals surface area contributed by atoms with Gasteiger partial charge in [0.15, 0.2) is 5.96 Å². The number of guanidine groups is 1. The van der Waals surface area contributed by atoms with Gasteiger partial charge in [0.1, 0.15) is 5.76 Å². The number of nitrogens with one attached hydrogen (secondary N) is 3. The number of rotatable bonds is 4. The number of hydrogen-bond acceptors (Lipinski definition) is 4. The van der Waals surface area contributed by atoms with Crippen molar-refractivity contribution < 1.29 is 9.21 Å². The molecule has 1 aromatic heterocycles. The van der Waals surface area contributed by atoms with Crippen LogP contribution in [0.4, 0.5) is 0 Å². The van der Waals surface area contributed by atoms with Gasteiger partial charge in [0.05, 0.1) is 18.8 Å². The summed E-state index contributed by atoms with van der Waals surface area (Å²) in [7, 11) is 1.64. The Hall–Kier alpha value is -1.32. The molecule has 0 aliphatic heterocycles. The SMILES string of the molecule is CN=C(NCC(=O)NC(C)(C)C)NCc1nc(C)c(C)o1.I. The van der Waals surface area contributed by atoms with E-state index in [1.807, 2.05) is 34.6 Å². The van der Waals surface area contributed by atoms with Crippen LogP contribution in [0.2, 0.25) is 0 Å². The topological polar surface area (TPSA) is 91.5 Å². The highest BCUT2D eigenvalue weighted by Crippen LogP contribution is 2.07. The molecule has 0 aromatic carbocycles. The number of aryl methyl sites for hydroxylation is 2. The minimum atomic E-state index is -0.247. The molecule has 0 spiro atoms. The highest BCUT2D eigenvalue weighted by Gasteiger charge is 2.14. The maximum Gasteiger partial charge on any atom is 0.239 e. The first-order valence-electron chi connectivity index (χ1n) is 6.89. The fourth-order valence-corrected chi connectivity index (χ4v) is 1.62. The van der Waals surface area contributed by atoms with Crippen LogP contribution >= 0.6 is 24.0 Å². The Morgan fingerprint density at radius 2 is 1.91 bits per heavy atom. The molecule has 1 amide bonds. The molecule has 0 saturated heterocycles. The lowest BCUT2D eigenvalue weighted by atomic mass is 10.1. The van der Waals surface area contributed by atoms with E-state index >= 15 is 0 Å². The molecule has 0 bridgehead atoms. The maximum absolute atomic E-state index is 11.7. The summed E-state index contributed by atoms with van der Waals surface area (Å²) < 4.78 is 5.46. The summed E-state index contributed by atoms with van der Waals surface area (Å²) in [6, 6.07) is 0. The minimum Gasteiger partial charge on any atom is -0.444 e. The molecule has 1 heterocycles. The van der Waals surface area contributed by atoms with Gasteiger partial charge in [-0.2, -0.15) is 0 Å². The molecule has 0 saturated carbocycles. The van der Waals surface area contributed by atoms with Crippen molar-refractivity contribution in [3.63, 3.8) is 0 Å². The molecular formula is C14H26IN5O2. The van der Waals surface area contributed by atoms with Gasteiger partial charge in [0, 0.05) is 12.6 Å². The second-order valence-corrected chi connectivity index (χ2v) is 5.83. The summed E-state index contributed by atoms with van der Waals surface area (Å²) in [6.45, 7) is 10.1. The molecule has 1 aromatic rings. The Balaban J connectivity index is 0.00000441. The molecular weight excluding hydrogens is 397 g/mol. The molecule has 0 aliphatic rings. The van der Waals surface area contributed by atoms with Crippen LogP contribution in [-0.4, -0.2) is 36.0 Å². The van der Waals surface area contributed by atoms with Gasteiger partial charge in [0.25, 0.3) is 0 Å². The average molecular weight is 423 g/mol. The van der Waals surface area contributed by atoms with Gasteiger partial charge < -0.3 is 20.4 Å². The quantitative estimate of drug-likeness (QED) is 0.388. The van der Waals surface area contributed by atoms with Gasteiger partial charge in [-0.05, 0) is 34.6 Å². The van der Waals surface area contributed by atoms with Crippen LogP contribution in [0.5, 0.6) is 0 Å². The lowest BCUT2D eigenvalue weighted by molar-refractivity contribution is -0.121. The molecule has 0 radical (unpaired) electrons. The van der Waals surface area contributed by atoms with Crippen molar-refractivity contribution in [2.45, 2.75) is 46.7 Å². The maximum atomic E-state index is 11.7. The van der Waals surface area contributed by atoms with Gasteiger partial charge in [-0.25, -0.2) is 4.98 Å². The van der Waals surface area contributed by atoms with E-state index < -0.39 is 0 Å². The zero-order valence-corrected chi connectivity index (χ0v) is 16.4. The lowest BCUT2D eigenvalue weighted by Gasteiger charge is -2.21. The molecule has 0 unspecified atom stereocenters. The second kappa shape index (κ2) is 8.96. The molecule has 8 heteroatoms. The zero-order valence-electron chi connectivity index (χ0n) is 14.0. The number of halogens is 1. The third kappa shape index (κ3) is 7.62. The van der Waals surface area contributed by atoms with Crippen molar-refractivity contribution in [3.8, 4) is 0 Å². The van der Waals surface area contributed by atoms with Crippen molar-refractivity contribution in [2.24, 2.45) is 4.99 Å². The average Bonchev–Trinajstić information content (AvgIpc) is 2.67. The fourth-order valence-electron chi connectivity index (χ4n) is 1.62. The first-order chi connectivity index (χ1) is 9.71. The second-order valence-electron chi connectivity index (χ2n) is 5.83. The van der Waals surface area contributed by atoms with Gasteiger partial charge in [-0.15, -0.1) is 24.0 Å². The van der Waals surface area contributed by atoms with Crippen LogP contribution in [0.25, 0.3) is 0 Å². The van der Waals surface area contributed by atoms with E-state index in [2.05, 4.69) is 25.9 Å². The van der Waals surface area contributed by atoms with Crippen LogP contribution in [0, 0.1) is 13.8 Å². The predicted octanol–water partition coefficient (Wildman–Crippen LogP) is 1.49. The number of aliphatic imine (C=N–C) groups is 1. The molecule has 3 N–H and O–H groups in total. The van der Waals surface area contributed by atoms with Crippen LogP contribution in [0.3, 0.4) is 0 Å². The van der Waals surface area contributed by atoms with Crippen LogP contribution in [0.15, 0.2) is 9.41 Å². The number of nitrogens with zero attached hydrogens (tertiary/aromatic N) is 2. The van der Waals surface area contributed by atoms with Crippen molar-refractivity contribution in [3.05, 3.63) is 17.3 Å². The van der Waals surface area contributed by atoms with Crippen LogP contribution < -0.4 is 16.0 Å². The highest BCUT2D eigenvalue weighted by atomic mass is 127. The van der Waals surface area contributed by atoms with E-state index in [0.29, 0.717) is 18.4 Å². The summed E-state index contributed by atoms with van der Waals surface area (Å²) in [4.78, 5) is 20.0. The van der Waals surface area contributed by atoms with E-state index in [1.54, 1.807) is 7.05 Å². The van der Waals surface area contributed by atoms with E-state index in [9.17, 15) is 4.79 Å². The van der Waals surface area contributed by atoms with E-state index in [4.69, 9.17) is 4.42 Å². The minimum absolute atomic E-state index is 0. The van der Waals surface area contributed by atoms with Gasteiger partial charge in [0.2, 0.25) is 11.8 Å². The monoisotopic (exact) mass is 423 g/mol. The molecule has 126 valence electrons. The summed E-state index contributed by atoms with van der Waals surface area (Å²) in [5.74, 6) is 1.83. The van der Waals surface area contributed by atoms with E-state index in [0.717, 1.165) is 11.5 Å². The Kier molecular flexibility index (Phi) is 8.43. The lowest BCUT2D eigenvalue weighted by Crippen LogP contribution is -2.48. The number of carbonyl (C=O) groups is 1. The Morgan fingerprint density at radius 1 is 1.27 bits per heavy atom.